The highest BCUT2D eigenvalue weighted by Gasteiger charge is 2.07. The lowest BCUT2D eigenvalue weighted by Gasteiger charge is -2.01. The molecule has 0 aromatic heterocycles. The van der Waals surface area contributed by atoms with Crippen molar-refractivity contribution in [1.29, 1.82) is 0 Å². The molecular weight excluding hydrogens is 408 g/mol. The first kappa shape index (κ1) is 29.1. The smallest absolute Gasteiger partial charge is 0.450 e. The zero-order chi connectivity index (χ0) is 23.2. The molecule has 0 saturated heterocycles. The van der Waals surface area contributed by atoms with Crippen LogP contribution in [-0.4, -0.2) is 91.4 Å². The normalized spacial score (nSPS) is 13.2. The molecule has 0 atom stereocenters. The largest absolute Gasteiger partial charge is 0.505 e. The van der Waals surface area contributed by atoms with E-state index >= 15 is 0 Å². The summed E-state index contributed by atoms with van der Waals surface area (Å²) >= 11 is 0. The minimum absolute atomic E-state index is 0.0417. The summed E-state index contributed by atoms with van der Waals surface area (Å²) in [5.74, 6) is -1.31. The quantitative estimate of drug-likeness (QED) is 0.162. The molecule has 0 saturated carbocycles. The van der Waals surface area contributed by atoms with Gasteiger partial charge >= 0.3 is 6.16 Å². The van der Waals surface area contributed by atoms with Crippen LogP contribution >= 0.6 is 0 Å². The number of ether oxygens (including phenoxy) is 3. The van der Waals surface area contributed by atoms with Crippen molar-refractivity contribution in [2.75, 3.05) is 46.2 Å². The number of amides is 4. The van der Waals surface area contributed by atoms with E-state index in [9.17, 15) is 24.0 Å². The van der Waals surface area contributed by atoms with E-state index in [0.717, 1.165) is 0 Å². The third-order valence-corrected chi connectivity index (χ3v) is 2.38. The van der Waals surface area contributed by atoms with E-state index in [1.807, 2.05) is 10.6 Å². The summed E-state index contributed by atoms with van der Waals surface area (Å²) in [6, 6.07) is 0. The fraction of sp³-hybridized carbons (Fsp3) is 0.471. The molecule has 0 fully saturated rings. The molecule has 0 spiro atoms. The molecule has 2 heterocycles. The van der Waals surface area contributed by atoms with E-state index in [2.05, 4.69) is 4.74 Å². The molecule has 0 bridgehead atoms. The molecule has 30 heavy (non-hydrogen) atoms. The van der Waals surface area contributed by atoms with Crippen molar-refractivity contribution >= 4 is 29.8 Å². The topological polar surface area (TPSA) is 198 Å². The van der Waals surface area contributed by atoms with Crippen LogP contribution in [0.4, 0.5) is 4.79 Å². The van der Waals surface area contributed by atoms with Gasteiger partial charge in [0.25, 0.3) is 23.6 Å². The molecule has 0 radical (unpaired) electrons. The van der Waals surface area contributed by atoms with Gasteiger partial charge in [0.1, 0.15) is 0 Å². The number of rotatable bonds is 8. The van der Waals surface area contributed by atoms with E-state index < -0.39 is 6.16 Å². The first-order valence-electron chi connectivity index (χ1n) is 8.55. The molecule has 4 amide bonds. The standard InChI is InChI=1S/C6H14O4.2C4H3NO2.C3H6O3/c7-1-3-9-5-6-10-4-2-8;2*6-3-1-2-4(7)5-3;1-2-6-3(4)5/h7-8H,1-6H2;2*1-2H,(H,5,6,7);2H2,1H3,(H,4,5). The van der Waals surface area contributed by atoms with Gasteiger partial charge in [-0.2, -0.15) is 0 Å². The van der Waals surface area contributed by atoms with Gasteiger partial charge in [-0.1, -0.05) is 0 Å². The van der Waals surface area contributed by atoms with Crippen LogP contribution in [0, 0.1) is 0 Å². The highest BCUT2D eigenvalue weighted by atomic mass is 16.7. The number of hydrogen-bond donors (Lipinski definition) is 5. The van der Waals surface area contributed by atoms with Gasteiger partial charge in [-0.3, -0.25) is 29.8 Å². The van der Waals surface area contributed by atoms with Gasteiger partial charge < -0.3 is 29.5 Å². The average Bonchev–Trinajstić information content (AvgIpc) is 3.25. The van der Waals surface area contributed by atoms with Crippen molar-refractivity contribution in [3.05, 3.63) is 24.3 Å². The molecule has 0 aliphatic carbocycles. The highest BCUT2D eigenvalue weighted by Crippen LogP contribution is 1.83. The minimum Gasteiger partial charge on any atom is -0.450 e. The van der Waals surface area contributed by atoms with Crippen LogP contribution in [0.3, 0.4) is 0 Å². The number of carbonyl (C=O) groups excluding carboxylic acids is 4. The molecule has 170 valence electrons. The van der Waals surface area contributed by atoms with Crippen LogP contribution in [-0.2, 0) is 33.4 Å². The molecular formula is C17H26N2O11. The SMILES string of the molecule is CCOC(=O)O.O=C1C=CC(=O)N1.O=C1C=CC(=O)N1.OCCOCCOCCO. The monoisotopic (exact) mass is 434 g/mol. The van der Waals surface area contributed by atoms with Crippen LogP contribution in [0.25, 0.3) is 0 Å². The van der Waals surface area contributed by atoms with Gasteiger partial charge in [-0.25, -0.2) is 4.79 Å². The van der Waals surface area contributed by atoms with Gasteiger partial charge in [0.05, 0.1) is 46.2 Å². The maximum Gasteiger partial charge on any atom is 0.505 e. The predicted octanol–water partition coefficient (Wildman–Crippen LogP) is -1.90. The minimum atomic E-state index is -1.21. The molecule has 13 heteroatoms. The Bertz CT molecular complexity index is 527. The van der Waals surface area contributed by atoms with Crippen molar-refractivity contribution in [3.63, 3.8) is 0 Å². The Morgan fingerprint density at radius 3 is 1.23 bits per heavy atom. The van der Waals surface area contributed by atoms with E-state index in [4.69, 9.17) is 24.8 Å². The molecule has 5 N–H and O–H groups in total. The van der Waals surface area contributed by atoms with Gasteiger partial charge in [0.15, 0.2) is 0 Å². The van der Waals surface area contributed by atoms with Gasteiger partial charge in [0, 0.05) is 24.3 Å². The van der Waals surface area contributed by atoms with Crippen molar-refractivity contribution in [3.8, 4) is 0 Å². The van der Waals surface area contributed by atoms with E-state index in [1.54, 1.807) is 6.92 Å². The van der Waals surface area contributed by atoms with E-state index in [1.165, 1.54) is 24.3 Å². The predicted molar refractivity (Wildman–Crippen MR) is 100 cm³/mol. The fourth-order valence-electron chi connectivity index (χ4n) is 1.29. The van der Waals surface area contributed by atoms with Crippen molar-refractivity contribution in [2.45, 2.75) is 6.92 Å². The number of carbonyl (C=O) groups is 5. The Morgan fingerprint density at radius 2 is 1.10 bits per heavy atom. The second kappa shape index (κ2) is 20.6. The summed E-state index contributed by atoms with van der Waals surface area (Å²) in [6.07, 6.45) is 3.58. The van der Waals surface area contributed by atoms with Crippen molar-refractivity contribution < 1.29 is 53.5 Å². The summed E-state index contributed by atoms with van der Waals surface area (Å²) in [6.45, 7) is 3.58. The lowest BCUT2D eigenvalue weighted by molar-refractivity contribution is -0.125. The highest BCUT2D eigenvalue weighted by molar-refractivity contribution is 6.13. The second-order valence-electron chi connectivity index (χ2n) is 4.74. The van der Waals surface area contributed by atoms with E-state index in [0.29, 0.717) is 26.4 Å². The summed E-state index contributed by atoms with van der Waals surface area (Å²) in [7, 11) is 0. The number of hydrogen-bond acceptors (Lipinski definition) is 10. The molecule has 2 rings (SSSR count). The van der Waals surface area contributed by atoms with Crippen LogP contribution in [0.15, 0.2) is 24.3 Å². The Kier molecular flexibility index (Phi) is 20.0. The third-order valence-electron chi connectivity index (χ3n) is 2.38. The Hall–Kier alpha value is -3.13. The van der Waals surface area contributed by atoms with Crippen LogP contribution < -0.4 is 10.6 Å². The number of nitrogens with one attached hydrogen (secondary N) is 2. The van der Waals surface area contributed by atoms with Gasteiger partial charge in [0.2, 0.25) is 0 Å². The summed E-state index contributed by atoms with van der Waals surface area (Å²) in [5.41, 5.74) is 0. The first-order chi connectivity index (χ1) is 14.3. The molecule has 2 aliphatic rings. The Balaban J connectivity index is 0. The first-order valence-corrected chi connectivity index (χ1v) is 8.55. The lowest BCUT2D eigenvalue weighted by atomic mass is 10.6. The van der Waals surface area contributed by atoms with Crippen molar-refractivity contribution in [1.82, 2.24) is 10.6 Å². The van der Waals surface area contributed by atoms with Crippen LogP contribution in [0.2, 0.25) is 0 Å². The summed E-state index contributed by atoms with van der Waals surface area (Å²) in [4.78, 5) is 49.5. The summed E-state index contributed by atoms with van der Waals surface area (Å²) in [5, 5.41) is 28.3. The molecule has 0 unspecified atom stereocenters. The van der Waals surface area contributed by atoms with Crippen LogP contribution in [0.5, 0.6) is 0 Å². The maximum atomic E-state index is 10.0. The van der Waals surface area contributed by atoms with Gasteiger partial charge in [-0.15, -0.1) is 0 Å². The average molecular weight is 434 g/mol. The summed E-state index contributed by atoms with van der Waals surface area (Å²) < 4.78 is 13.7. The third kappa shape index (κ3) is 22.9. The Labute approximate surface area is 172 Å². The number of imide groups is 2. The second-order valence-corrected chi connectivity index (χ2v) is 4.74. The molecule has 2 aliphatic heterocycles. The number of aliphatic hydroxyl groups is 2. The van der Waals surface area contributed by atoms with Crippen LogP contribution in [0.1, 0.15) is 6.92 Å². The Morgan fingerprint density at radius 1 is 0.767 bits per heavy atom. The number of carboxylic acid groups (broad SMARTS) is 1. The number of aliphatic hydroxyl groups excluding tert-OH is 2. The maximum absolute atomic E-state index is 10.0. The van der Waals surface area contributed by atoms with E-state index in [-0.39, 0.29) is 43.4 Å². The zero-order valence-corrected chi connectivity index (χ0v) is 16.4. The zero-order valence-electron chi connectivity index (χ0n) is 16.4. The fourth-order valence-corrected chi connectivity index (χ4v) is 1.29. The molecule has 13 nitrogen and oxygen atoms in total. The lowest BCUT2D eigenvalue weighted by Crippen LogP contribution is -2.19. The van der Waals surface area contributed by atoms with Crippen molar-refractivity contribution in [2.24, 2.45) is 0 Å². The molecule has 0 aromatic carbocycles. The molecule has 0 aromatic rings. The van der Waals surface area contributed by atoms with Gasteiger partial charge in [-0.05, 0) is 6.92 Å².